The second-order valence-electron chi connectivity index (χ2n) is 6.62. The number of carbonyl (C=O) groups is 2. The highest BCUT2D eigenvalue weighted by Gasteiger charge is 2.21. The number of benzene rings is 3. The van der Waals surface area contributed by atoms with E-state index in [0.29, 0.717) is 16.5 Å². The molecule has 7 nitrogen and oxygen atoms in total. The molecule has 1 N–H and O–H groups in total. The highest BCUT2D eigenvalue weighted by Crippen LogP contribution is 2.25. The number of hydrogen-bond acceptors (Lipinski definition) is 5. The third-order valence-electron chi connectivity index (χ3n) is 4.36. The number of amides is 1. The lowest BCUT2D eigenvalue weighted by Crippen LogP contribution is -2.21. The Bertz CT molecular complexity index is 1200. The minimum atomic E-state index is -0.825. The lowest BCUT2D eigenvalue weighted by Gasteiger charge is -2.07. The fourth-order valence-corrected chi connectivity index (χ4v) is 3.35. The van der Waals surface area contributed by atoms with Crippen LogP contribution in [0.25, 0.3) is 17.1 Å². The van der Waals surface area contributed by atoms with E-state index in [2.05, 4.69) is 15.4 Å². The van der Waals surface area contributed by atoms with Gasteiger partial charge in [-0.1, -0.05) is 71.7 Å². The molecule has 9 heteroatoms. The van der Waals surface area contributed by atoms with Crippen molar-refractivity contribution in [2.75, 3.05) is 11.9 Å². The van der Waals surface area contributed by atoms with Crippen LogP contribution in [0.2, 0.25) is 10.0 Å². The molecule has 4 rings (SSSR count). The molecule has 0 atom stereocenters. The summed E-state index contributed by atoms with van der Waals surface area (Å²) >= 11 is 11.9. The van der Waals surface area contributed by atoms with E-state index >= 15 is 0 Å². The van der Waals surface area contributed by atoms with Crippen molar-refractivity contribution >= 4 is 40.8 Å². The van der Waals surface area contributed by atoms with Gasteiger partial charge in [0.25, 0.3) is 11.7 Å². The molecule has 0 unspecified atom stereocenters. The third-order valence-corrected chi connectivity index (χ3v) is 4.91. The molecule has 0 saturated heterocycles. The molecule has 0 aliphatic rings. The summed E-state index contributed by atoms with van der Waals surface area (Å²) in [5, 5.41) is 7.58. The van der Waals surface area contributed by atoms with E-state index < -0.39 is 18.5 Å². The molecular formula is C23H16Cl2N4O3. The van der Waals surface area contributed by atoms with Crippen molar-refractivity contribution in [1.29, 1.82) is 0 Å². The Morgan fingerprint density at radius 2 is 1.62 bits per heavy atom. The lowest BCUT2D eigenvalue weighted by molar-refractivity contribution is -0.119. The minimum Gasteiger partial charge on any atom is -0.450 e. The molecule has 1 aromatic heterocycles. The van der Waals surface area contributed by atoms with Gasteiger partial charge in [0.15, 0.2) is 12.4 Å². The van der Waals surface area contributed by atoms with E-state index in [1.165, 1.54) is 6.07 Å². The summed E-state index contributed by atoms with van der Waals surface area (Å²) in [7, 11) is 0. The monoisotopic (exact) mass is 466 g/mol. The van der Waals surface area contributed by atoms with Crippen LogP contribution in [0, 0.1) is 0 Å². The summed E-state index contributed by atoms with van der Waals surface area (Å²) in [6, 6.07) is 23.3. The van der Waals surface area contributed by atoms with Gasteiger partial charge in [0.1, 0.15) is 0 Å². The molecule has 0 saturated carbocycles. The quantitative estimate of drug-likeness (QED) is 0.402. The van der Waals surface area contributed by atoms with Gasteiger partial charge in [0.2, 0.25) is 0 Å². The number of carbonyl (C=O) groups excluding carboxylic acids is 2. The molecule has 4 aromatic rings. The normalized spacial score (nSPS) is 10.6. The maximum Gasteiger partial charge on any atom is 0.378 e. The summed E-state index contributed by atoms with van der Waals surface area (Å²) in [4.78, 5) is 29.1. The Morgan fingerprint density at radius 3 is 2.31 bits per heavy atom. The number of hydrogen-bond donors (Lipinski definition) is 1. The lowest BCUT2D eigenvalue weighted by atomic mass is 10.2. The fraction of sp³-hybridized carbons (Fsp3) is 0.0435. The second kappa shape index (κ2) is 9.64. The number of rotatable bonds is 6. The first-order valence-electron chi connectivity index (χ1n) is 9.51. The minimum absolute atomic E-state index is 0.162. The number of nitrogens with one attached hydrogen (secondary N) is 1. The van der Waals surface area contributed by atoms with E-state index in [4.69, 9.17) is 27.9 Å². The smallest absolute Gasteiger partial charge is 0.378 e. The summed E-state index contributed by atoms with van der Waals surface area (Å²) in [6.07, 6.45) is 0. The summed E-state index contributed by atoms with van der Waals surface area (Å²) < 4.78 is 6.66. The van der Waals surface area contributed by atoms with Crippen molar-refractivity contribution in [2.45, 2.75) is 0 Å². The Morgan fingerprint density at radius 1 is 0.938 bits per heavy atom. The molecule has 0 spiro atoms. The van der Waals surface area contributed by atoms with Crippen molar-refractivity contribution in [3.63, 3.8) is 0 Å². The zero-order chi connectivity index (χ0) is 22.5. The van der Waals surface area contributed by atoms with Crippen molar-refractivity contribution in [1.82, 2.24) is 14.8 Å². The number of anilines is 1. The van der Waals surface area contributed by atoms with E-state index in [-0.39, 0.29) is 10.8 Å². The van der Waals surface area contributed by atoms with E-state index in [9.17, 15) is 9.59 Å². The fourth-order valence-electron chi connectivity index (χ4n) is 2.89. The number of esters is 1. The average Bonchev–Trinajstić information content (AvgIpc) is 3.26. The van der Waals surface area contributed by atoms with Gasteiger partial charge >= 0.3 is 5.97 Å². The van der Waals surface area contributed by atoms with Crippen molar-refractivity contribution in [3.8, 4) is 17.1 Å². The van der Waals surface area contributed by atoms with Gasteiger partial charge in [-0.25, -0.2) is 14.5 Å². The summed E-state index contributed by atoms with van der Waals surface area (Å²) in [6.45, 7) is -0.529. The molecule has 3 aromatic carbocycles. The first kappa shape index (κ1) is 21.5. The molecule has 0 fully saturated rings. The number of para-hydroxylation sites is 1. The first-order valence-corrected chi connectivity index (χ1v) is 10.3. The second-order valence-corrected chi connectivity index (χ2v) is 7.46. The van der Waals surface area contributed by atoms with Crippen LogP contribution in [0.15, 0.2) is 78.9 Å². The zero-order valence-electron chi connectivity index (χ0n) is 16.5. The Labute approximate surface area is 193 Å². The first-order chi connectivity index (χ1) is 15.5. The molecule has 0 aliphatic heterocycles. The van der Waals surface area contributed by atoms with Crippen LogP contribution in [-0.4, -0.2) is 33.2 Å². The standard InChI is InChI=1S/C23H16Cl2N4O3/c24-16-11-12-19(18(25)13-16)26-20(30)14-32-23(31)21-27-22(15-7-3-1-4-8-15)29(28-21)17-9-5-2-6-10-17/h1-13H,14H2,(H,26,30). The molecule has 0 radical (unpaired) electrons. The van der Waals surface area contributed by atoms with Crippen molar-refractivity contribution < 1.29 is 14.3 Å². The number of aromatic nitrogens is 3. The Kier molecular flexibility index (Phi) is 6.49. The molecule has 0 bridgehead atoms. The Hall–Kier alpha value is -3.68. The highest BCUT2D eigenvalue weighted by molar-refractivity contribution is 6.36. The van der Waals surface area contributed by atoms with Gasteiger partial charge in [-0.3, -0.25) is 4.79 Å². The maximum atomic E-state index is 12.6. The summed E-state index contributed by atoms with van der Waals surface area (Å²) in [5.41, 5.74) is 1.86. The van der Waals surface area contributed by atoms with Gasteiger partial charge in [-0.2, -0.15) is 0 Å². The number of ether oxygens (including phenoxy) is 1. The van der Waals surface area contributed by atoms with Crippen LogP contribution in [0.1, 0.15) is 10.6 Å². The highest BCUT2D eigenvalue weighted by atomic mass is 35.5. The summed E-state index contributed by atoms with van der Waals surface area (Å²) in [5.74, 6) is -1.08. The molecule has 160 valence electrons. The molecule has 1 heterocycles. The van der Waals surface area contributed by atoms with Crippen LogP contribution >= 0.6 is 23.2 Å². The van der Waals surface area contributed by atoms with Crippen LogP contribution in [-0.2, 0) is 9.53 Å². The number of halogens is 2. The molecule has 32 heavy (non-hydrogen) atoms. The molecule has 1 amide bonds. The Balaban J connectivity index is 1.51. The van der Waals surface area contributed by atoms with Gasteiger partial charge in [-0.05, 0) is 30.3 Å². The van der Waals surface area contributed by atoms with E-state index in [1.807, 2.05) is 60.7 Å². The van der Waals surface area contributed by atoms with Crippen molar-refractivity contribution in [3.05, 3.63) is 94.7 Å². The average molecular weight is 467 g/mol. The van der Waals surface area contributed by atoms with Gasteiger partial charge in [0.05, 0.1) is 16.4 Å². The van der Waals surface area contributed by atoms with Crippen LogP contribution in [0.4, 0.5) is 5.69 Å². The van der Waals surface area contributed by atoms with Gasteiger partial charge in [-0.15, -0.1) is 5.10 Å². The predicted molar refractivity (Wildman–Crippen MR) is 122 cm³/mol. The predicted octanol–water partition coefficient (Wildman–Crippen LogP) is 5.04. The van der Waals surface area contributed by atoms with Crippen LogP contribution in [0.3, 0.4) is 0 Å². The SMILES string of the molecule is O=C(COC(=O)c1nc(-c2ccccc2)n(-c2ccccc2)n1)Nc1ccc(Cl)cc1Cl. The topological polar surface area (TPSA) is 86.1 Å². The van der Waals surface area contributed by atoms with E-state index in [0.717, 1.165) is 11.3 Å². The number of nitrogens with zero attached hydrogens (tertiary/aromatic N) is 3. The van der Waals surface area contributed by atoms with Crippen LogP contribution < -0.4 is 5.32 Å². The van der Waals surface area contributed by atoms with Gasteiger partial charge in [0, 0.05) is 10.6 Å². The largest absolute Gasteiger partial charge is 0.450 e. The van der Waals surface area contributed by atoms with Gasteiger partial charge < -0.3 is 10.1 Å². The maximum absolute atomic E-state index is 12.6. The third kappa shape index (κ3) is 4.96. The van der Waals surface area contributed by atoms with Crippen LogP contribution in [0.5, 0.6) is 0 Å². The van der Waals surface area contributed by atoms with E-state index in [1.54, 1.807) is 16.8 Å². The zero-order valence-corrected chi connectivity index (χ0v) is 18.0. The van der Waals surface area contributed by atoms with Crippen molar-refractivity contribution in [2.24, 2.45) is 0 Å². The molecular weight excluding hydrogens is 451 g/mol. The molecule has 0 aliphatic carbocycles.